The van der Waals surface area contributed by atoms with Crippen LogP contribution in [0.4, 0.5) is 13.2 Å². The molecule has 49 heavy (non-hydrogen) atoms. The Hall–Kier alpha value is -3.56. The molecule has 0 unspecified atom stereocenters. The number of benzene rings is 3. The number of methoxy groups -OCH3 is 1. The van der Waals surface area contributed by atoms with Gasteiger partial charge in [0.25, 0.3) is 0 Å². The lowest BCUT2D eigenvalue weighted by atomic mass is 9.81. The van der Waals surface area contributed by atoms with Crippen LogP contribution in [0.2, 0.25) is 5.02 Å². The van der Waals surface area contributed by atoms with Crippen LogP contribution in [0, 0.1) is 17.5 Å². The van der Waals surface area contributed by atoms with Crippen molar-refractivity contribution in [3.8, 4) is 11.4 Å². The number of hydrogen-bond acceptors (Lipinski definition) is 7. The van der Waals surface area contributed by atoms with Crippen molar-refractivity contribution < 1.29 is 36.2 Å². The van der Waals surface area contributed by atoms with Crippen LogP contribution in [0.15, 0.2) is 70.8 Å². The van der Waals surface area contributed by atoms with Gasteiger partial charge in [-0.15, -0.1) is 0 Å². The highest BCUT2D eigenvalue weighted by Gasteiger charge is 2.34. The molecular weight excluding hydrogens is 701 g/mol. The number of likely N-dealkylation sites (N-methyl/N-ethyl adjacent to an activating group) is 1. The molecule has 4 rings (SSSR count). The van der Waals surface area contributed by atoms with Crippen LogP contribution in [0.5, 0.6) is 5.75 Å². The third-order valence-corrected chi connectivity index (χ3v) is 11.4. The summed E-state index contributed by atoms with van der Waals surface area (Å²) in [5.41, 5.74) is 0.945. The summed E-state index contributed by atoms with van der Waals surface area (Å²) in [7, 11) is 1.63. The topological polar surface area (TPSA) is 105 Å². The zero-order valence-corrected chi connectivity index (χ0v) is 30.3. The first-order chi connectivity index (χ1) is 23.0. The minimum atomic E-state index is -4.57. The maximum atomic E-state index is 15.5. The molecular formula is C34H38ClF3N4O5S2. The number of carbonyl (C=O) groups is 1. The minimum absolute atomic E-state index is 0.00793. The molecule has 0 bridgehead atoms. The van der Waals surface area contributed by atoms with E-state index in [4.69, 9.17) is 16.3 Å². The Labute approximate surface area is 293 Å². The first-order valence-electron chi connectivity index (χ1n) is 15.1. The SMILES string of the molecule is COc1cc(C(C)(C)c2cnc(SCc3c(F)cc(S(=O)(=O)N(C)[C@H](CCCN(C)C)C(=O)O)cc3F)n2-c2ccc(F)cc2)ccc1Cl. The highest BCUT2D eigenvalue weighted by atomic mass is 35.5. The van der Waals surface area contributed by atoms with E-state index >= 15 is 8.78 Å². The number of hydrogen-bond donors (Lipinski definition) is 1. The minimum Gasteiger partial charge on any atom is -0.495 e. The molecule has 1 heterocycles. The van der Waals surface area contributed by atoms with Gasteiger partial charge in [-0.2, -0.15) is 4.31 Å². The monoisotopic (exact) mass is 738 g/mol. The van der Waals surface area contributed by atoms with Gasteiger partial charge in [0.2, 0.25) is 10.0 Å². The number of carboxylic acid groups (broad SMARTS) is 1. The number of carboxylic acids is 1. The summed E-state index contributed by atoms with van der Waals surface area (Å²) in [6, 6.07) is 11.0. The molecule has 0 amide bonds. The van der Waals surface area contributed by atoms with Gasteiger partial charge in [-0.3, -0.25) is 9.36 Å². The van der Waals surface area contributed by atoms with Crippen molar-refractivity contribution in [1.29, 1.82) is 0 Å². The van der Waals surface area contributed by atoms with Gasteiger partial charge >= 0.3 is 5.97 Å². The Morgan fingerprint density at radius 2 is 1.69 bits per heavy atom. The molecule has 0 aliphatic heterocycles. The van der Waals surface area contributed by atoms with E-state index in [0.29, 0.717) is 56.7 Å². The first-order valence-corrected chi connectivity index (χ1v) is 17.9. The van der Waals surface area contributed by atoms with Crippen molar-refractivity contribution in [3.63, 3.8) is 0 Å². The number of rotatable bonds is 15. The quantitative estimate of drug-likeness (QED) is 0.130. The largest absolute Gasteiger partial charge is 0.495 e. The van der Waals surface area contributed by atoms with Gasteiger partial charge in [0.15, 0.2) is 5.16 Å². The normalized spacial score (nSPS) is 12.9. The summed E-state index contributed by atoms with van der Waals surface area (Å²) in [6.07, 6.45) is 2.03. The van der Waals surface area contributed by atoms with Crippen molar-refractivity contribution in [1.82, 2.24) is 18.8 Å². The number of sulfonamides is 1. The summed E-state index contributed by atoms with van der Waals surface area (Å²) in [6.45, 7) is 4.43. The Kier molecular flexibility index (Phi) is 12.1. The third kappa shape index (κ3) is 8.43. The van der Waals surface area contributed by atoms with Gasteiger partial charge in [0.1, 0.15) is 29.2 Å². The van der Waals surface area contributed by atoms with Gasteiger partial charge < -0.3 is 14.7 Å². The number of aliphatic carboxylic acids is 1. The van der Waals surface area contributed by atoms with Crippen LogP contribution >= 0.6 is 23.4 Å². The molecule has 0 saturated carbocycles. The fourth-order valence-corrected chi connectivity index (χ4v) is 7.88. The summed E-state index contributed by atoms with van der Waals surface area (Å²) >= 11 is 7.26. The zero-order chi connectivity index (χ0) is 36.3. The number of aromatic nitrogens is 2. The molecule has 264 valence electrons. The predicted octanol–water partition coefficient (Wildman–Crippen LogP) is 6.99. The predicted molar refractivity (Wildman–Crippen MR) is 184 cm³/mol. The zero-order valence-electron chi connectivity index (χ0n) is 27.9. The standard InChI is InChI=1S/C34H38ClF3N4O5S2/c1-34(2,21-9-14-26(35)30(16-21)47-6)31-19-39-33(42(31)23-12-10-22(36)11-13-23)48-20-25-27(37)17-24(18-28(25)38)49(45,46)41(5)29(32(43)44)8-7-15-40(3)4/h9-14,16-19,29H,7-8,15,20H2,1-6H3,(H,43,44)/t29-/m1/s1. The summed E-state index contributed by atoms with van der Waals surface area (Å²) < 4.78 is 79.4. The Morgan fingerprint density at radius 1 is 1.06 bits per heavy atom. The lowest BCUT2D eigenvalue weighted by molar-refractivity contribution is -0.141. The molecule has 0 radical (unpaired) electrons. The van der Waals surface area contributed by atoms with Gasteiger partial charge in [-0.05, 0) is 87.6 Å². The van der Waals surface area contributed by atoms with E-state index in [1.165, 1.54) is 19.2 Å². The van der Waals surface area contributed by atoms with E-state index < -0.39 is 55.4 Å². The van der Waals surface area contributed by atoms with Crippen molar-refractivity contribution in [2.75, 3.05) is 34.8 Å². The van der Waals surface area contributed by atoms with Crippen LogP contribution in [0.1, 0.15) is 43.5 Å². The van der Waals surface area contributed by atoms with E-state index in [1.807, 2.05) is 24.8 Å². The second kappa shape index (κ2) is 15.5. The van der Waals surface area contributed by atoms with Crippen molar-refractivity contribution in [3.05, 3.63) is 100 Å². The van der Waals surface area contributed by atoms with E-state index in [9.17, 15) is 22.7 Å². The second-order valence-electron chi connectivity index (χ2n) is 12.2. The highest BCUT2D eigenvalue weighted by Crippen LogP contribution is 2.39. The maximum Gasteiger partial charge on any atom is 0.322 e. The van der Waals surface area contributed by atoms with E-state index in [2.05, 4.69) is 4.98 Å². The number of ether oxygens (including phenoxy) is 1. The molecule has 0 fully saturated rings. The van der Waals surface area contributed by atoms with Gasteiger partial charge in [-0.1, -0.05) is 43.3 Å². The second-order valence-corrected chi connectivity index (χ2v) is 15.5. The van der Waals surface area contributed by atoms with Crippen LogP contribution in [0.3, 0.4) is 0 Å². The average Bonchev–Trinajstić information content (AvgIpc) is 3.47. The third-order valence-electron chi connectivity index (χ3n) is 8.27. The molecule has 0 saturated heterocycles. The Bertz CT molecular complexity index is 1900. The van der Waals surface area contributed by atoms with Crippen LogP contribution in [0.25, 0.3) is 5.69 Å². The molecule has 0 aliphatic carbocycles. The lowest BCUT2D eigenvalue weighted by Crippen LogP contribution is -2.42. The summed E-state index contributed by atoms with van der Waals surface area (Å²) in [5.74, 6) is -3.86. The Balaban J connectivity index is 1.67. The van der Waals surface area contributed by atoms with Crippen molar-refractivity contribution >= 4 is 39.4 Å². The number of thioether (sulfide) groups is 1. The van der Waals surface area contributed by atoms with Gasteiger partial charge in [0.05, 0.1) is 28.9 Å². The van der Waals surface area contributed by atoms with E-state index in [1.54, 1.807) is 49.1 Å². The van der Waals surface area contributed by atoms with Crippen molar-refractivity contribution in [2.24, 2.45) is 0 Å². The fraction of sp³-hybridized carbons (Fsp3) is 0.353. The smallest absolute Gasteiger partial charge is 0.322 e. The molecule has 1 aromatic heterocycles. The first kappa shape index (κ1) is 38.2. The molecule has 1 N–H and O–H groups in total. The van der Waals surface area contributed by atoms with Crippen molar-refractivity contribution in [2.45, 2.75) is 54.0 Å². The number of imidazole rings is 1. The number of halogens is 4. The summed E-state index contributed by atoms with van der Waals surface area (Å²) in [5, 5.41) is 10.5. The van der Waals surface area contributed by atoms with E-state index in [0.717, 1.165) is 24.4 Å². The average molecular weight is 739 g/mol. The van der Waals surface area contributed by atoms with E-state index in [-0.39, 0.29) is 12.2 Å². The molecule has 0 aliphatic rings. The molecule has 9 nitrogen and oxygen atoms in total. The summed E-state index contributed by atoms with van der Waals surface area (Å²) in [4.78, 5) is 17.6. The number of nitrogens with zero attached hydrogens (tertiary/aromatic N) is 4. The van der Waals surface area contributed by atoms with Crippen LogP contribution < -0.4 is 4.74 Å². The molecule has 3 aromatic carbocycles. The molecule has 4 aromatic rings. The fourth-order valence-electron chi connectivity index (χ4n) is 5.31. The maximum absolute atomic E-state index is 15.5. The molecule has 1 atom stereocenters. The van der Waals surface area contributed by atoms with Gasteiger partial charge in [-0.25, -0.2) is 26.6 Å². The highest BCUT2D eigenvalue weighted by molar-refractivity contribution is 7.98. The Morgan fingerprint density at radius 3 is 2.27 bits per heavy atom. The van der Waals surface area contributed by atoms with Gasteiger partial charge in [0, 0.05) is 29.5 Å². The van der Waals surface area contributed by atoms with Crippen LogP contribution in [-0.4, -0.2) is 79.1 Å². The molecule has 0 spiro atoms. The lowest BCUT2D eigenvalue weighted by Gasteiger charge is -2.28. The molecule has 15 heteroatoms. The van der Waals surface area contributed by atoms with Crippen LogP contribution in [-0.2, 0) is 26.0 Å².